The third-order valence-electron chi connectivity index (χ3n) is 2.57. The van der Waals surface area contributed by atoms with Crippen molar-refractivity contribution in [2.75, 3.05) is 5.32 Å². The van der Waals surface area contributed by atoms with Gasteiger partial charge in [0.25, 0.3) is 0 Å². The molecule has 5 nitrogen and oxygen atoms in total. The van der Waals surface area contributed by atoms with Crippen LogP contribution in [0.4, 0.5) is 5.82 Å². The molecule has 0 unspecified atom stereocenters. The van der Waals surface area contributed by atoms with E-state index in [0.29, 0.717) is 22.6 Å². The summed E-state index contributed by atoms with van der Waals surface area (Å²) >= 11 is 0. The van der Waals surface area contributed by atoms with Gasteiger partial charge in [-0.05, 0) is 19.9 Å². The first-order valence-electron chi connectivity index (χ1n) is 6.86. The van der Waals surface area contributed by atoms with Crippen molar-refractivity contribution in [3.8, 4) is 17.5 Å². The van der Waals surface area contributed by atoms with Crippen molar-refractivity contribution in [2.24, 2.45) is 0 Å². The predicted octanol–water partition coefficient (Wildman–Crippen LogP) is 2.41. The molecule has 22 heavy (non-hydrogen) atoms. The van der Waals surface area contributed by atoms with E-state index in [0.717, 1.165) is 0 Å². The number of rotatable bonds is 3. The molecule has 6 heteroatoms. The van der Waals surface area contributed by atoms with E-state index >= 15 is 0 Å². The Labute approximate surface area is 131 Å². The second-order valence-electron chi connectivity index (χ2n) is 6.06. The quantitative estimate of drug-likeness (QED) is 0.528. The van der Waals surface area contributed by atoms with Crippen LogP contribution in [0.1, 0.15) is 30.2 Å². The standard InChI is InChI=1S/C16H19N3O2Si/c1-11(20)8-15(21)19-16-13(6-7-22(3,4)5)9-14(10-17)12(2)18-16/h9H,8H2,1-5H3,(H,18,19,21). The number of nitrogens with zero attached hydrogens (tertiary/aromatic N) is 2. The van der Waals surface area contributed by atoms with Crippen LogP contribution < -0.4 is 5.32 Å². The molecule has 0 aliphatic rings. The summed E-state index contributed by atoms with van der Waals surface area (Å²) in [5.74, 6) is 2.66. The third-order valence-corrected chi connectivity index (χ3v) is 3.45. The van der Waals surface area contributed by atoms with Crippen molar-refractivity contribution in [1.29, 1.82) is 5.26 Å². The highest BCUT2D eigenvalue weighted by Crippen LogP contribution is 2.17. The summed E-state index contributed by atoms with van der Waals surface area (Å²) < 4.78 is 0. The maximum absolute atomic E-state index is 11.8. The lowest BCUT2D eigenvalue weighted by atomic mass is 10.1. The molecule has 0 bridgehead atoms. The van der Waals surface area contributed by atoms with Gasteiger partial charge >= 0.3 is 0 Å². The normalized spacial score (nSPS) is 10.2. The fourth-order valence-corrected chi connectivity index (χ4v) is 2.08. The molecule has 0 atom stereocenters. The van der Waals surface area contributed by atoms with Crippen molar-refractivity contribution >= 4 is 25.6 Å². The summed E-state index contributed by atoms with van der Waals surface area (Å²) in [5, 5.41) is 11.7. The fraction of sp³-hybridized carbons (Fsp3) is 0.375. The third kappa shape index (κ3) is 5.51. The topological polar surface area (TPSA) is 82.8 Å². The summed E-state index contributed by atoms with van der Waals surface area (Å²) in [5.41, 5.74) is 4.62. The van der Waals surface area contributed by atoms with E-state index in [1.807, 2.05) is 0 Å². The Morgan fingerprint density at radius 2 is 1.95 bits per heavy atom. The predicted molar refractivity (Wildman–Crippen MR) is 87.8 cm³/mol. The Morgan fingerprint density at radius 3 is 2.45 bits per heavy atom. The number of aromatic nitrogens is 1. The number of carbonyl (C=O) groups excluding carboxylic acids is 2. The van der Waals surface area contributed by atoms with E-state index < -0.39 is 14.0 Å². The number of anilines is 1. The molecule has 0 saturated heterocycles. The van der Waals surface area contributed by atoms with Crippen LogP contribution >= 0.6 is 0 Å². The number of Topliss-reactive ketones (excluding diaryl/α,β-unsaturated/α-hetero) is 1. The molecule has 114 valence electrons. The molecule has 1 rings (SSSR count). The second-order valence-corrected chi connectivity index (χ2v) is 10.8. The summed E-state index contributed by atoms with van der Waals surface area (Å²) in [6.45, 7) is 9.33. The number of nitrogens with one attached hydrogen (secondary N) is 1. The molecule has 0 radical (unpaired) electrons. The minimum Gasteiger partial charge on any atom is -0.309 e. The van der Waals surface area contributed by atoms with Crippen LogP contribution in [0.3, 0.4) is 0 Å². The molecule has 1 aromatic rings. The fourth-order valence-electron chi connectivity index (χ4n) is 1.57. The average Bonchev–Trinajstić information content (AvgIpc) is 2.35. The highest BCUT2D eigenvalue weighted by molar-refractivity contribution is 6.83. The summed E-state index contributed by atoms with van der Waals surface area (Å²) in [7, 11) is -1.61. The highest BCUT2D eigenvalue weighted by Gasteiger charge is 2.13. The van der Waals surface area contributed by atoms with E-state index in [1.165, 1.54) is 6.92 Å². The van der Waals surface area contributed by atoms with Crippen LogP contribution in [0.25, 0.3) is 0 Å². The van der Waals surface area contributed by atoms with Gasteiger partial charge < -0.3 is 5.32 Å². The van der Waals surface area contributed by atoms with Crippen molar-refractivity contribution < 1.29 is 9.59 Å². The lowest BCUT2D eigenvalue weighted by molar-refractivity contribution is -0.124. The lowest BCUT2D eigenvalue weighted by Crippen LogP contribution is -2.18. The molecular weight excluding hydrogens is 294 g/mol. The summed E-state index contributed by atoms with van der Waals surface area (Å²) in [6.07, 6.45) is -0.207. The average molecular weight is 313 g/mol. The van der Waals surface area contributed by atoms with E-state index in [9.17, 15) is 9.59 Å². The van der Waals surface area contributed by atoms with Crippen LogP contribution in [-0.4, -0.2) is 24.7 Å². The smallest absolute Gasteiger partial charge is 0.232 e. The van der Waals surface area contributed by atoms with Crippen LogP contribution in [0.5, 0.6) is 0 Å². The zero-order chi connectivity index (χ0) is 16.9. The minimum atomic E-state index is -1.61. The van der Waals surface area contributed by atoms with Crippen molar-refractivity contribution in [1.82, 2.24) is 4.98 Å². The Balaban J connectivity index is 3.26. The number of nitriles is 1. The van der Waals surface area contributed by atoms with Gasteiger partial charge in [0.1, 0.15) is 25.7 Å². The zero-order valence-electron chi connectivity index (χ0n) is 13.5. The molecule has 0 saturated carbocycles. The highest BCUT2D eigenvalue weighted by atomic mass is 28.3. The Morgan fingerprint density at radius 1 is 1.32 bits per heavy atom. The summed E-state index contributed by atoms with van der Waals surface area (Å²) in [4.78, 5) is 27.0. The summed E-state index contributed by atoms with van der Waals surface area (Å²) in [6, 6.07) is 3.68. The monoisotopic (exact) mass is 313 g/mol. The lowest BCUT2D eigenvalue weighted by Gasteiger charge is -2.09. The Bertz CT molecular complexity index is 716. The molecule has 1 aromatic heterocycles. The van der Waals surface area contributed by atoms with Gasteiger partial charge in [-0.15, -0.1) is 5.54 Å². The Kier molecular flexibility index (Phi) is 5.61. The van der Waals surface area contributed by atoms with E-state index in [1.54, 1.807) is 13.0 Å². The molecule has 0 fully saturated rings. The first-order valence-corrected chi connectivity index (χ1v) is 10.4. The van der Waals surface area contributed by atoms with Gasteiger partial charge in [0, 0.05) is 0 Å². The maximum Gasteiger partial charge on any atom is 0.232 e. The van der Waals surface area contributed by atoms with Gasteiger partial charge in [0.05, 0.1) is 23.2 Å². The number of aryl methyl sites for hydroxylation is 1. The zero-order valence-corrected chi connectivity index (χ0v) is 14.5. The van der Waals surface area contributed by atoms with Crippen molar-refractivity contribution in [2.45, 2.75) is 39.9 Å². The number of carbonyl (C=O) groups is 2. The molecule has 1 amide bonds. The second kappa shape index (κ2) is 7.01. The van der Waals surface area contributed by atoms with E-state index in [2.05, 4.69) is 47.5 Å². The van der Waals surface area contributed by atoms with Crippen LogP contribution in [0, 0.1) is 29.7 Å². The van der Waals surface area contributed by atoms with E-state index in [-0.39, 0.29) is 12.2 Å². The van der Waals surface area contributed by atoms with Gasteiger partial charge in [-0.2, -0.15) is 5.26 Å². The molecule has 1 N–H and O–H groups in total. The first kappa shape index (κ1) is 17.6. The molecular formula is C16H19N3O2Si. The van der Waals surface area contributed by atoms with Crippen LogP contribution in [0.2, 0.25) is 19.6 Å². The van der Waals surface area contributed by atoms with Crippen LogP contribution in [0.15, 0.2) is 6.07 Å². The molecule has 0 spiro atoms. The van der Waals surface area contributed by atoms with Gasteiger partial charge in [-0.3, -0.25) is 9.59 Å². The van der Waals surface area contributed by atoms with Crippen molar-refractivity contribution in [3.63, 3.8) is 0 Å². The number of ketones is 1. The van der Waals surface area contributed by atoms with Crippen molar-refractivity contribution in [3.05, 3.63) is 22.9 Å². The maximum atomic E-state index is 11.8. The minimum absolute atomic E-state index is 0.207. The van der Waals surface area contributed by atoms with Gasteiger partial charge in [-0.1, -0.05) is 25.6 Å². The Hall–Kier alpha value is -2.44. The molecule has 0 aliphatic heterocycles. The SMILES string of the molecule is CC(=O)CC(=O)Nc1nc(C)c(C#N)cc1C#C[Si](C)(C)C. The number of pyridine rings is 1. The number of amides is 1. The molecule has 1 heterocycles. The van der Waals surface area contributed by atoms with Gasteiger partial charge in [0.15, 0.2) is 0 Å². The molecule has 0 aliphatic carbocycles. The van der Waals surface area contributed by atoms with E-state index in [4.69, 9.17) is 5.26 Å². The number of hydrogen-bond donors (Lipinski definition) is 1. The van der Waals surface area contributed by atoms with Gasteiger partial charge in [0.2, 0.25) is 5.91 Å². The largest absolute Gasteiger partial charge is 0.309 e. The van der Waals surface area contributed by atoms with Crippen LogP contribution in [-0.2, 0) is 9.59 Å². The number of hydrogen-bond acceptors (Lipinski definition) is 4. The molecule has 0 aromatic carbocycles. The first-order chi connectivity index (χ1) is 10.1. The van der Waals surface area contributed by atoms with Gasteiger partial charge in [-0.25, -0.2) is 4.98 Å².